The van der Waals surface area contributed by atoms with E-state index in [0.29, 0.717) is 25.2 Å². The Morgan fingerprint density at radius 1 is 0.912 bits per heavy atom. The molecule has 3 aliphatic carbocycles. The molecule has 0 aromatic heterocycles. The number of carbonyl (C=O) groups is 4. The molecule has 0 N–H and O–H groups in total. The van der Waals surface area contributed by atoms with Gasteiger partial charge < -0.3 is 14.2 Å². The van der Waals surface area contributed by atoms with E-state index in [-0.39, 0.29) is 59.7 Å². The van der Waals surface area contributed by atoms with Crippen LogP contribution < -0.4 is 0 Å². The molecule has 0 bridgehead atoms. The number of ketones is 1. The van der Waals surface area contributed by atoms with Gasteiger partial charge in [-0.2, -0.15) is 0 Å². The van der Waals surface area contributed by atoms with Gasteiger partial charge in [0.05, 0.1) is 27.2 Å². The van der Waals surface area contributed by atoms with Crippen LogP contribution in [0.2, 0.25) is 0 Å². The highest BCUT2D eigenvalue weighted by molar-refractivity contribution is 5.87. The summed E-state index contributed by atoms with van der Waals surface area (Å²) in [6.07, 6.45) is 5.87. The van der Waals surface area contributed by atoms with Gasteiger partial charge in [-0.1, -0.05) is 20.8 Å². The van der Waals surface area contributed by atoms with Crippen LogP contribution in [0.15, 0.2) is 0 Å². The summed E-state index contributed by atoms with van der Waals surface area (Å²) in [5, 5.41) is 0. The van der Waals surface area contributed by atoms with Crippen molar-refractivity contribution in [2.24, 2.45) is 46.3 Å². The van der Waals surface area contributed by atoms with Gasteiger partial charge >= 0.3 is 17.9 Å². The van der Waals surface area contributed by atoms with Crippen LogP contribution >= 0.6 is 0 Å². The number of methoxy groups -OCH3 is 3. The molecule has 34 heavy (non-hydrogen) atoms. The third-order valence-electron chi connectivity index (χ3n) is 10.1. The van der Waals surface area contributed by atoms with E-state index in [1.807, 2.05) is 0 Å². The molecular formula is C27H42O7. The molecule has 0 heterocycles. The van der Waals surface area contributed by atoms with Crippen molar-refractivity contribution in [3.63, 3.8) is 0 Å². The van der Waals surface area contributed by atoms with Gasteiger partial charge in [0.25, 0.3) is 0 Å². The van der Waals surface area contributed by atoms with E-state index in [1.54, 1.807) is 0 Å². The number of Topliss-reactive ketones (excluding diaryl/α,β-unsaturated/α-hetero) is 1. The molecule has 0 saturated heterocycles. The molecule has 8 unspecified atom stereocenters. The fourth-order valence-corrected chi connectivity index (χ4v) is 8.12. The van der Waals surface area contributed by atoms with Gasteiger partial charge in [-0.25, -0.2) is 0 Å². The Labute approximate surface area is 203 Å². The maximum absolute atomic E-state index is 13.9. The molecule has 3 saturated carbocycles. The minimum Gasteiger partial charge on any atom is -0.469 e. The number of rotatable bonds is 8. The number of carbonyl (C=O) groups excluding carboxylic acids is 4. The largest absolute Gasteiger partial charge is 0.469 e. The van der Waals surface area contributed by atoms with Gasteiger partial charge in [0.1, 0.15) is 5.78 Å². The van der Waals surface area contributed by atoms with Crippen molar-refractivity contribution >= 4 is 23.7 Å². The van der Waals surface area contributed by atoms with Crippen LogP contribution in [0.3, 0.4) is 0 Å². The second-order valence-electron chi connectivity index (χ2n) is 11.3. The lowest BCUT2D eigenvalue weighted by molar-refractivity contribution is -0.171. The maximum Gasteiger partial charge on any atom is 0.309 e. The smallest absolute Gasteiger partial charge is 0.309 e. The van der Waals surface area contributed by atoms with Gasteiger partial charge in [-0.15, -0.1) is 0 Å². The Bertz CT molecular complexity index is 807. The molecule has 0 amide bonds. The third kappa shape index (κ3) is 4.51. The van der Waals surface area contributed by atoms with Crippen molar-refractivity contribution < 1.29 is 33.4 Å². The van der Waals surface area contributed by atoms with E-state index < -0.39 is 10.8 Å². The zero-order chi connectivity index (χ0) is 25.3. The molecule has 0 aromatic carbocycles. The SMILES string of the molecule is COC(=O)CCC(C)C1CCC2C3CCC(C(=O)OC)C(C)(CCC(=O)OC)C3CC(=O)C12C. The molecule has 7 heteroatoms. The van der Waals surface area contributed by atoms with E-state index in [9.17, 15) is 19.2 Å². The molecule has 0 aliphatic heterocycles. The Morgan fingerprint density at radius 3 is 2.18 bits per heavy atom. The monoisotopic (exact) mass is 478 g/mol. The highest BCUT2D eigenvalue weighted by Gasteiger charge is 2.64. The van der Waals surface area contributed by atoms with Crippen molar-refractivity contribution in [2.75, 3.05) is 21.3 Å². The number of ether oxygens (including phenoxy) is 3. The number of esters is 3. The number of fused-ring (bicyclic) bond motifs is 3. The van der Waals surface area contributed by atoms with Crippen LogP contribution in [0.25, 0.3) is 0 Å². The van der Waals surface area contributed by atoms with Gasteiger partial charge in [0, 0.05) is 24.7 Å². The van der Waals surface area contributed by atoms with E-state index in [4.69, 9.17) is 14.2 Å². The summed E-state index contributed by atoms with van der Waals surface area (Å²) in [5.41, 5.74) is -0.895. The van der Waals surface area contributed by atoms with Crippen LogP contribution in [0, 0.1) is 46.3 Å². The lowest BCUT2D eigenvalue weighted by atomic mass is 9.45. The van der Waals surface area contributed by atoms with E-state index in [0.717, 1.165) is 32.1 Å². The topological polar surface area (TPSA) is 96.0 Å². The minimum atomic E-state index is -0.490. The summed E-state index contributed by atoms with van der Waals surface area (Å²) in [6, 6.07) is 0. The van der Waals surface area contributed by atoms with E-state index in [2.05, 4.69) is 20.8 Å². The van der Waals surface area contributed by atoms with Crippen molar-refractivity contribution in [2.45, 2.75) is 78.6 Å². The fourth-order valence-electron chi connectivity index (χ4n) is 8.12. The van der Waals surface area contributed by atoms with Crippen LogP contribution in [-0.4, -0.2) is 45.0 Å². The highest BCUT2D eigenvalue weighted by atomic mass is 16.5. The van der Waals surface area contributed by atoms with E-state index >= 15 is 0 Å². The summed E-state index contributed by atoms with van der Waals surface area (Å²) in [7, 11) is 4.20. The van der Waals surface area contributed by atoms with Crippen molar-refractivity contribution in [1.29, 1.82) is 0 Å². The molecule has 0 spiro atoms. The summed E-state index contributed by atoms with van der Waals surface area (Å²) < 4.78 is 14.9. The molecule has 0 radical (unpaired) electrons. The Kier molecular flexibility index (Phi) is 8.14. The molecule has 7 nitrogen and oxygen atoms in total. The summed E-state index contributed by atoms with van der Waals surface area (Å²) in [5.74, 6) is 0.365. The van der Waals surface area contributed by atoms with Gasteiger partial charge in [-0.05, 0) is 73.5 Å². The molecule has 3 aliphatic rings. The normalized spacial score (nSPS) is 37.8. The quantitative estimate of drug-likeness (QED) is 0.378. The first-order chi connectivity index (χ1) is 16.0. The molecule has 192 valence electrons. The van der Waals surface area contributed by atoms with Crippen LogP contribution in [-0.2, 0) is 33.4 Å². The molecule has 8 atom stereocenters. The zero-order valence-corrected chi connectivity index (χ0v) is 21.7. The van der Waals surface area contributed by atoms with Crippen LogP contribution in [0.5, 0.6) is 0 Å². The average Bonchev–Trinajstić information content (AvgIpc) is 3.20. The fraction of sp³-hybridized carbons (Fsp3) is 0.852. The van der Waals surface area contributed by atoms with Gasteiger partial charge in [0.2, 0.25) is 0 Å². The molecule has 3 rings (SSSR count). The molecule has 3 fully saturated rings. The Morgan fingerprint density at radius 2 is 1.56 bits per heavy atom. The first-order valence-corrected chi connectivity index (χ1v) is 12.8. The predicted octanol–water partition coefficient (Wildman–Crippen LogP) is 4.36. The molecular weight excluding hydrogens is 436 g/mol. The summed E-state index contributed by atoms with van der Waals surface area (Å²) >= 11 is 0. The maximum atomic E-state index is 13.9. The first kappa shape index (κ1) is 26.7. The predicted molar refractivity (Wildman–Crippen MR) is 125 cm³/mol. The van der Waals surface area contributed by atoms with Crippen LogP contribution in [0.1, 0.15) is 78.6 Å². The van der Waals surface area contributed by atoms with Crippen molar-refractivity contribution in [1.82, 2.24) is 0 Å². The second-order valence-corrected chi connectivity index (χ2v) is 11.3. The van der Waals surface area contributed by atoms with E-state index in [1.165, 1.54) is 21.3 Å². The first-order valence-electron chi connectivity index (χ1n) is 12.8. The standard InChI is InChI=1S/C27H42O7/c1-16(7-12-23(29)32-4)18-10-11-19-17-8-9-20(25(31)34-6)26(2,14-13-24(30)33-5)21(17)15-22(28)27(18,19)3/h16-21H,7-15H2,1-6H3. The van der Waals surface area contributed by atoms with Gasteiger partial charge in [-0.3, -0.25) is 19.2 Å². The zero-order valence-electron chi connectivity index (χ0n) is 21.7. The number of hydrogen-bond donors (Lipinski definition) is 0. The highest BCUT2D eigenvalue weighted by Crippen LogP contribution is 2.66. The average molecular weight is 479 g/mol. The second kappa shape index (κ2) is 10.4. The Hall–Kier alpha value is -1.92. The lowest BCUT2D eigenvalue weighted by Crippen LogP contribution is -2.57. The Balaban J connectivity index is 1.87. The third-order valence-corrected chi connectivity index (χ3v) is 10.1. The van der Waals surface area contributed by atoms with Crippen molar-refractivity contribution in [3.8, 4) is 0 Å². The summed E-state index contributed by atoms with van der Waals surface area (Å²) in [6.45, 7) is 6.39. The molecule has 0 aromatic rings. The number of hydrogen-bond acceptors (Lipinski definition) is 7. The summed E-state index contributed by atoms with van der Waals surface area (Å²) in [4.78, 5) is 50.4. The lowest BCUT2D eigenvalue weighted by Gasteiger charge is -2.58. The van der Waals surface area contributed by atoms with Crippen molar-refractivity contribution in [3.05, 3.63) is 0 Å². The van der Waals surface area contributed by atoms with Crippen LogP contribution in [0.4, 0.5) is 0 Å². The minimum absolute atomic E-state index is 0.0460. The van der Waals surface area contributed by atoms with Gasteiger partial charge in [0.15, 0.2) is 0 Å².